The minimum atomic E-state index is -0.209. The Morgan fingerprint density at radius 2 is 1.70 bits per heavy atom. The number of hydrazone groups is 1. The highest BCUT2D eigenvalue weighted by molar-refractivity contribution is 7.99. The average molecular weight is 545 g/mol. The Morgan fingerprint density at radius 1 is 0.975 bits per heavy atom. The summed E-state index contributed by atoms with van der Waals surface area (Å²) in [5, 5.41) is 5.19. The van der Waals surface area contributed by atoms with Gasteiger partial charge in [0.2, 0.25) is 0 Å². The third-order valence-corrected chi connectivity index (χ3v) is 7.96. The van der Waals surface area contributed by atoms with E-state index in [0.29, 0.717) is 0 Å². The topological polar surface area (TPSA) is 68.5 Å². The van der Waals surface area contributed by atoms with Crippen molar-refractivity contribution in [3.63, 3.8) is 0 Å². The SMILES string of the molecule is Cc1ccc(C2C(C=NNC(=O)CSc3nc4ccccc4n3C)=C(c3ccccc3)Oc3ccccc32)cc1. The van der Waals surface area contributed by atoms with Crippen molar-refractivity contribution < 1.29 is 9.53 Å². The molecule has 0 spiro atoms. The fraction of sp³-hybridized carbons (Fsp3) is 0.121. The maximum atomic E-state index is 12.8. The lowest BCUT2D eigenvalue weighted by atomic mass is 9.81. The Kier molecular flexibility index (Phi) is 7.21. The number of carbonyl (C=O) groups excluding carboxylic acids is 1. The monoisotopic (exact) mass is 544 g/mol. The molecule has 1 aliphatic rings. The number of nitrogens with zero attached hydrogens (tertiary/aromatic N) is 3. The third kappa shape index (κ3) is 5.16. The first-order valence-corrected chi connectivity index (χ1v) is 14.1. The van der Waals surface area contributed by atoms with Crippen molar-refractivity contribution in [3.8, 4) is 5.75 Å². The zero-order valence-electron chi connectivity index (χ0n) is 22.2. The third-order valence-electron chi connectivity index (χ3n) is 6.93. The fourth-order valence-electron chi connectivity index (χ4n) is 4.93. The van der Waals surface area contributed by atoms with E-state index in [-0.39, 0.29) is 17.6 Å². The molecule has 6 nitrogen and oxygen atoms in total. The lowest BCUT2D eigenvalue weighted by Gasteiger charge is -2.30. The van der Waals surface area contributed by atoms with Crippen molar-refractivity contribution >= 4 is 40.7 Å². The molecule has 4 aromatic carbocycles. The maximum absolute atomic E-state index is 12.8. The Morgan fingerprint density at radius 3 is 2.50 bits per heavy atom. The van der Waals surface area contributed by atoms with Gasteiger partial charge in [-0.2, -0.15) is 5.10 Å². The van der Waals surface area contributed by atoms with Gasteiger partial charge < -0.3 is 9.30 Å². The summed E-state index contributed by atoms with van der Waals surface area (Å²) in [4.78, 5) is 17.4. The first kappa shape index (κ1) is 25.6. The van der Waals surface area contributed by atoms with Crippen LogP contribution in [-0.2, 0) is 11.8 Å². The van der Waals surface area contributed by atoms with Crippen LogP contribution in [0.5, 0.6) is 5.75 Å². The van der Waals surface area contributed by atoms with Crippen molar-refractivity contribution in [2.45, 2.75) is 18.0 Å². The molecule has 0 saturated heterocycles. The van der Waals surface area contributed by atoms with E-state index in [0.717, 1.165) is 50.0 Å². The van der Waals surface area contributed by atoms with E-state index in [1.54, 1.807) is 6.21 Å². The molecule has 0 radical (unpaired) electrons. The van der Waals surface area contributed by atoms with Gasteiger partial charge in [0, 0.05) is 29.7 Å². The number of ether oxygens (including phenoxy) is 1. The Bertz CT molecular complexity index is 1740. The van der Waals surface area contributed by atoms with Gasteiger partial charge >= 0.3 is 0 Å². The van der Waals surface area contributed by atoms with Crippen LogP contribution in [0.2, 0.25) is 0 Å². The Labute approximate surface area is 237 Å². The van der Waals surface area contributed by atoms with Crippen LogP contribution in [0.25, 0.3) is 16.8 Å². The largest absolute Gasteiger partial charge is 0.456 e. The number of fused-ring (bicyclic) bond motifs is 2. The van der Waals surface area contributed by atoms with Gasteiger partial charge in [-0.3, -0.25) is 4.79 Å². The number of hydrogen-bond acceptors (Lipinski definition) is 5. The molecule has 5 aromatic rings. The van der Waals surface area contributed by atoms with E-state index < -0.39 is 0 Å². The molecule has 1 atom stereocenters. The number of allylic oxidation sites excluding steroid dienone is 1. The van der Waals surface area contributed by atoms with E-state index in [9.17, 15) is 4.79 Å². The number of carbonyl (C=O) groups is 1. The molecule has 2 heterocycles. The molecule has 0 bridgehead atoms. The summed E-state index contributed by atoms with van der Waals surface area (Å²) < 4.78 is 8.47. The number of benzene rings is 4. The van der Waals surface area contributed by atoms with Crippen molar-refractivity contribution in [1.82, 2.24) is 15.0 Å². The molecule has 0 fully saturated rings. The summed E-state index contributed by atoms with van der Waals surface area (Å²) in [6.45, 7) is 2.08. The van der Waals surface area contributed by atoms with Crippen LogP contribution >= 0.6 is 11.8 Å². The molecule has 7 heteroatoms. The normalized spacial score (nSPS) is 14.8. The number of amides is 1. The number of nitrogens with one attached hydrogen (secondary N) is 1. The second kappa shape index (κ2) is 11.2. The number of thioether (sulfide) groups is 1. The molecule has 1 aliphatic heterocycles. The van der Waals surface area contributed by atoms with Crippen LogP contribution in [0.15, 0.2) is 119 Å². The molecule has 40 heavy (non-hydrogen) atoms. The van der Waals surface area contributed by atoms with Crippen molar-refractivity contribution in [3.05, 3.63) is 131 Å². The molecule has 1 N–H and O–H groups in total. The van der Waals surface area contributed by atoms with Crippen molar-refractivity contribution in [2.24, 2.45) is 12.1 Å². The van der Waals surface area contributed by atoms with Crippen molar-refractivity contribution in [1.29, 1.82) is 0 Å². The summed E-state index contributed by atoms with van der Waals surface area (Å²) in [7, 11) is 1.96. The summed E-state index contributed by atoms with van der Waals surface area (Å²) in [5.74, 6) is 1.40. The number of imidazole rings is 1. The van der Waals surface area contributed by atoms with Crippen molar-refractivity contribution in [2.75, 3.05) is 5.75 Å². The summed E-state index contributed by atoms with van der Waals surface area (Å²) in [5.41, 5.74) is 9.84. The van der Waals surface area contributed by atoms with Gasteiger partial charge in [-0.1, -0.05) is 102 Å². The lowest BCUT2D eigenvalue weighted by Crippen LogP contribution is -2.22. The summed E-state index contributed by atoms with van der Waals surface area (Å²) in [6, 6.07) is 34.5. The highest BCUT2D eigenvalue weighted by Crippen LogP contribution is 2.45. The second-order valence-corrected chi connectivity index (χ2v) is 10.6. The Hall–Kier alpha value is -4.62. The number of rotatable bonds is 7. The minimum absolute atomic E-state index is 0.115. The Balaban J connectivity index is 1.29. The predicted molar refractivity (Wildman–Crippen MR) is 162 cm³/mol. The standard InChI is InChI=1S/C33H28N4O2S/c1-22-16-18-23(19-17-22)31-25-12-6-9-15-29(25)39-32(24-10-4-3-5-11-24)26(31)20-34-36-30(38)21-40-33-35-27-13-7-8-14-28(27)37(33)2/h3-20,31H,21H2,1-2H3,(H,36,38). The highest BCUT2D eigenvalue weighted by atomic mass is 32.2. The minimum Gasteiger partial charge on any atom is -0.456 e. The van der Waals surface area contributed by atoms with E-state index in [1.165, 1.54) is 17.3 Å². The van der Waals surface area contributed by atoms with Gasteiger partial charge in [-0.25, -0.2) is 10.4 Å². The van der Waals surface area contributed by atoms with Crippen LogP contribution < -0.4 is 10.2 Å². The number of para-hydroxylation sites is 3. The van der Waals surface area contributed by atoms with Crippen LogP contribution in [0.3, 0.4) is 0 Å². The van der Waals surface area contributed by atoms with Crippen LogP contribution in [0, 0.1) is 6.92 Å². The van der Waals surface area contributed by atoms with Gasteiger partial charge in [-0.15, -0.1) is 0 Å². The molecule has 198 valence electrons. The molecule has 6 rings (SSSR count). The van der Waals surface area contributed by atoms with Crippen LogP contribution in [0.4, 0.5) is 0 Å². The molecule has 0 aliphatic carbocycles. The van der Waals surface area contributed by atoms with E-state index in [4.69, 9.17) is 4.74 Å². The molecule has 1 aromatic heterocycles. The van der Waals surface area contributed by atoms with E-state index in [2.05, 4.69) is 52.8 Å². The second-order valence-electron chi connectivity index (χ2n) is 9.66. The summed E-state index contributed by atoms with van der Waals surface area (Å²) in [6.07, 6.45) is 1.72. The zero-order valence-corrected chi connectivity index (χ0v) is 23.1. The lowest BCUT2D eigenvalue weighted by molar-refractivity contribution is -0.118. The van der Waals surface area contributed by atoms with Gasteiger partial charge in [0.15, 0.2) is 5.16 Å². The fourth-order valence-corrected chi connectivity index (χ4v) is 5.71. The smallest absolute Gasteiger partial charge is 0.250 e. The molecule has 0 saturated carbocycles. The molecule has 1 amide bonds. The predicted octanol–water partition coefficient (Wildman–Crippen LogP) is 6.71. The van der Waals surface area contributed by atoms with E-state index >= 15 is 0 Å². The van der Waals surface area contributed by atoms with Crippen LogP contribution in [0.1, 0.15) is 28.2 Å². The maximum Gasteiger partial charge on any atom is 0.250 e. The first-order valence-electron chi connectivity index (χ1n) is 13.1. The zero-order chi connectivity index (χ0) is 27.5. The van der Waals surface area contributed by atoms with Gasteiger partial charge in [0.1, 0.15) is 11.5 Å². The van der Waals surface area contributed by atoms with Gasteiger partial charge in [-0.05, 0) is 30.7 Å². The molecule has 1 unspecified atom stereocenters. The highest BCUT2D eigenvalue weighted by Gasteiger charge is 2.31. The number of aryl methyl sites for hydroxylation is 2. The van der Waals surface area contributed by atoms with E-state index in [1.807, 2.05) is 84.4 Å². The van der Waals surface area contributed by atoms with Crippen LogP contribution in [-0.4, -0.2) is 27.4 Å². The quantitative estimate of drug-likeness (QED) is 0.140. The number of hydrogen-bond donors (Lipinski definition) is 1. The first-order chi connectivity index (χ1) is 19.6. The molecular weight excluding hydrogens is 516 g/mol. The van der Waals surface area contributed by atoms with Gasteiger partial charge in [0.25, 0.3) is 5.91 Å². The summed E-state index contributed by atoms with van der Waals surface area (Å²) >= 11 is 1.38. The average Bonchev–Trinajstić information content (AvgIpc) is 3.32. The molecular formula is C33H28N4O2S. The van der Waals surface area contributed by atoms with Gasteiger partial charge in [0.05, 0.1) is 23.0 Å². The number of aromatic nitrogens is 2.